The Balaban J connectivity index is 2.83. The van der Waals surface area contributed by atoms with Crippen LogP contribution in [0.1, 0.15) is 26.3 Å². The molecule has 100 valence electrons. The van der Waals surface area contributed by atoms with Crippen LogP contribution in [-0.2, 0) is 11.2 Å². The maximum Gasteiger partial charge on any atom is 0.405 e. The van der Waals surface area contributed by atoms with E-state index in [9.17, 15) is 9.90 Å². The van der Waals surface area contributed by atoms with Crippen molar-refractivity contribution >= 4 is 22.0 Å². The number of benzene rings is 1. The van der Waals surface area contributed by atoms with Crippen LogP contribution in [0.25, 0.3) is 0 Å². The molecule has 1 aromatic rings. The van der Waals surface area contributed by atoms with Crippen LogP contribution in [-0.4, -0.2) is 16.8 Å². The van der Waals surface area contributed by atoms with Gasteiger partial charge in [0.05, 0.1) is 0 Å². The number of hydrogen-bond donors (Lipinski definition) is 2. The van der Waals surface area contributed by atoms with Crippen LogP contribution in [0.2, 0.25) is 0 Å². The summed E-state index contributed by atoms with van der Waals surface area (Å²) in [5, 5.41) is 9.78. The zero-order valence-electron chi connectivity index (χ0n) is 10.7. The van der Waals surface area contributed by atoms with Crippen LogP contribution in [0.4, 0.5) is 4.79 Å². The van der Waals surface area contributed by atoms with Gasteiger partial charge in [0.25, 0.3) is 0 Å². The van der Waals surface area contributed by atoms with E-state index < -0.39 is 11.7 Å². The van der Waals surface area contributed by atoms with E-state index in [0.717, 1.165) is 10.0 Å². The highest BCUT2D eigenvalue weighted by Crippen LogP contribution is 2.29. The zero-order valence-corrected chi connectivity index (χ0v) is 12.3. The predicted molar refractivity (Wildman–Crippen MR) is 73.4 cm³/mol. The molecule has 0 saturated carbocycles. The van der Waals surface area contributed by atoms with Crippen LogP contribution < -0.4 is 5.73 Å². The Morgan fingerprint density at radius 3 is 2.72 bits per heavy atom. The summed E-state index contributed by atoms with van der Waals surface area (Å²) in [7, 11) is 0. The molecule has 0 aromatic heterocycles. The summed E-state index contributed by atoms with van der Waals surface area (Å²) < 4.78 is 5.99. The lowest BCUT2D eigenvalue weighted by atomic mass is 9.86. The Morgan fingerprint density at radius 2 is 2.17 bits per heavy atom. The quantitative estimate of drug-likeness (QED) is 0.896. The highest BCUT2D eigenvalue weighted by atomic mass is 79.9. The smallest absolute Gasteiger partial charge is 0.405 e. The third kappa shape index (κ3) is 3.91. The van der Waals surface area contributed by atoms with Gasteiger partial charge < -0.3 is 15.6 Å². The van der Waals surface area contributed by atoms with Gasteiger partial charge in [-0.15, -0.1) is 0 Å². The molecule has 3 N–H and O–H groups in total. The minimum atomic E-state index is -0.787. The van der Waals surface area contributed by atoms with Crippen LogP contribution in [0.5, 0.6) is 5.75 Å². The van der Waals surface area contributed by atoms with Crippen molar-refractivity contribution in [3.63, 3.8) is 0 Å². The Hall–Kier alpha value is -1.23. The highest BCUT2D eigenvalue weighted by molar-refractivity contribution is 9.10. The fourth-order valence-electron chi connectivity index (χ4n) is 1.65. The maximum atomic E-state index is 10.8. The first-order valence-corrected chi connectivity index (χ1v) is 6.47. The summed E-state index contributed by atoms with van der Waals surface area (Å²) >= 11 is 3.36. The minimum absolute atomic E-state index is 0.0187. The van der Waals surface area contributed by atoms with Gasteiger partial charge in [0.15, 0.2) is 0 Å². The third-order valence-corrected chi connectivity index (χ3v) is 3.61. The van der Waals surface area contributed by atoms with Crippen molar-refractivity contribution in [2.45, 2.75) is 32.8 Å². The monoisotopic (exact) mass is 315 g/mol. The Labute approximate surface area is 115 Å². The second kappa shape index (κ2) is 5.61. The van der Waals surface area contributed by atoms with Gasteiger partial charge in [0.2, 0.25) is 0 Å². The van der Waals surface area contributed by atoms with E-state index in [1.54, 1.807) is 26.0 Å². The number of nitrogens with two attached hydrogens (primary N) is 1. The molecule has 18 heavy (non-hydrogen) atoms. The molecule has 0 saturated heterocycles. The largest absolute Gasteiger partial charge is 0.508 e. The molecule has 0 aliphatic carbocycles. The number of carbonyl (C=O) groups excluding carboxylic acids is 1. The lowest BCUT2D eigenvalue weighted by Gasteiger charge is -2.31. The summed E-state index contributed by atoms with van der Waals surface area (Å²) in [4.78, 5) is 10.8. The fourth-order valence-corrected chi connectivity index (χ4v) is 2.06. The van der Waals surface area contributed by atoms with E-state index in [1.807, 2.05) is 13.0 Å². The molecule has 0 spiro atoms. The average molecular weight is 316 g/mol. The van der Waals surface area contributed by atoms with Crippen molar-refractivity contribution < 1.29 is 14.6 Å². The number of carbonyl (C=O) groups is 1. The summed E-state index contributed by atoms with van der Waals surface area (Å²) in [5.74, 6) is 0.255. The molecular formula is C13H18BrNO3. The van der Waals surface area contributed by atoms with Crippen molar-refractivity contribution in [2.75, 3.05) is 0 Å². The van der Waals surface area contributed by atoms with Gasteiger partial charge in [-0.05, 0) is 49.9 Å². The molecule has 1 aromatic carbocycles. The van der Waals surface area contributed by atoms with Crippen LogP contribution in [0.15, 0.2) is 22.7 Å². The number of phenols is 1. The van der Waals surface area contributed by atoms with Crippen molar-refractivity contribution in [1.82, 2.24) is 0 Å². The summed E-state index contributed by atoms with van der Waals surface area (Å²) in [5.41, 5.74) is 5.17. The second-order valence-corrected chi connectivity index (χ2v) is 5.82. The molecule has 4 nitrogen and oxygen atoms in total. The molecule has 1 unspecified atom stereocenters. The zero-order chi connectivity index (χ0) is 13.9. The molecular weight excluding hydrogens is 298 g/mol. The van der Waals surface area contributed by atoms with Crippen molar-refractivity contribution in [3.8, 4) is 5.75 Å². The van der Waals surface area contributed by atoms with E-state index in [-0.39, 0.29) is 11.7 Å². The molecule has 1 rings (SSSR count). The number of halogens is 1. The lowest BCUT2D eigenvalue weighted by molar-refractivity contribution is 0.00467. The summed E-state index contributed by atoms with van der Waals surface area (Å²) in [6, 6.07) is 5.26. The molecule has 0 fully saturated rings. The maximum absolute atomic E-state index is 10.8. The first kappa shape index (κ1) is 14.8. The van der Waals surface area contributed by atoms with E-state index in [0.29, 0.717) is 6.42 Å². The predicted octanol–water partition coefficient (Wildman–Crippen LogP) is 3.21. The Morgan fingerprint density at radius 1 is 1.56 bits per heavy atom. The second-order valence-electron chi connectivity index (χ2n) is 4.90. The fraction of sp³-hybridized carbons (Fsp3) is 0.462. The SMILES string of the molecule is CC(Cc1cc(Br)ccc1O)C(C)(C)OC(N)=O. The van der Waals surface area contributed by atoms with E-state index in [1.165, 1.54) is 0 Å². The van der Waals surface area contributed by atoms with Crippen LogP contribution >= 0.6 is 15.9 Å². The topological polar surface area (TPSA) is 72.6 Å². The first-order chi connectivity index (χ1) is 8.22. The number of amides is 1. The van der Waals surface area contributed by atoms with Crippen molar-refractivity contribution in [3.05, 3.63) is 28.2 Å². The number of aromatic hydroxyl groups is 1. The van der Waals surface area contributed by atoms with Crippen LogP contribution in [0, 0.1) is 5.92 Å². The molecule has 0 bridgehead atoms. The lowest BCUT2D eigenvalue weighted by Crippen LogP contribution is -2.38. The third-order valence-electron chi connectivity index (χ3n) is 3.12. The molecule has 5 heteroatoms. The Bertz CT molecular complexity index is 446. The molecule has 0 heterocycles. The standard InChI is InChI=1S/C13H18BrNO3/c1-8(13(2,3)18-12(15)17)6-9-7-10(14)4-5-11(9)16/h4-5,7-8,16H,6H2,1-3H3,(H2,15,17). The van der Waals surface area contributed by atoms with Crippen LogP contribution in [0.3, 0.4) is 0 Å². The molecule has 0 radical (unpaired) electrons. The molecule has 0 aliphatic heterocycles. The number of hydrogen-bond acceptors (Lipinski definition) is 3. The van der Waals surface area contributed by atoms with E-state index in [2.05, 4.69) is 15.9 Å². The minimum Gasteiger partial charge on any atom is -0.508 e. The molecule has 1 amide bonds. The van der Waals surface area contributed by atoms with Gasteiger partial charge in [0, 0.05) is 4.47 Å². The first-order valence-electron chi connectivity index (χ1n) is 5.68. The van der Waals surface area contributed by atoms with Gasteiger partial charge in [0.1, 0.15) is 11.4 Å². The number of phenolic OH excluding ortho intramolecular Hbond substituents is 1. The summed E-state index contributed by atoms with van der Waals surface area (Å²) in [6.45, 7) is 5.55. The number of ether oxygens (including phenoxy) is 1. The van der Waals surface area contributed by atoms with E-state index >= 15 is 0 Å². The summed E-state index contributed by atoms with van der Waals surface area (Å²) in [6.07, 6.45) is -0.198. The number of primary amides is 1. The van der Waals surface area contributed by atoms with Gasteiger partial charge in [-0.25, -0.2) is 4.79 Å². The Kier molecular flexibility index (Phi) is 4.62. The number of rotatable bonds is 4. The van der Waals surface area contributed by atoms with Gasteiger partial charge in [-0.1, -0.05) is 22.9 Å². The molecule has 1 atom stereocenters. The van der Waals surface area contributed by atoms with Gasteiger partial charge in [-0.3, -0.25) is 0 Å². The van der Waals surface area contributed by atoms with Crippen molar-refractivity contribution in [2.24, 2.45) is 11.7 Å². The van der Waals surface area contributed by atoms with E-state index in [4.69, 9.17) is 10.5 Å². The van der Waals surface area contributed by atoms with Gasteiger partial charge in [-0.2, -0.15) is 0 Å². The van der Waals surface area contributed by atoms with Gasteiger partial charge >= 0.3 is 6.09 Å². The molecule has 0 aliphatic rings. The normalized spacial score (nSPS) is 13.1. The highest BCUT2D eigenvalue weighted by Gasteiger charge is 2.30. The average Bonchev–Trinajstić information content (AvgIpc) is 2.21. The van der Waals surface area contributed by atoms with Crippen molar-refractivity contribution in [1.29, 1.82) is 0 Å².